The maximum absolute atomic E-state index is 14.6. The molecule has 0 aliphatic rings. The van der Waals surface area contributed by atoms with E-state index < -0.39 is 5.82 Å². The number of nitrogens with zero attached hydrogens (tertiary/aromatic N) is 2. The molecule has 0 radical (unpaired) electrons. The summed E-state index contributed by atoms with van der Waals surface area (Å²) in [5.41, 5.74) is 2.89. The van der Waals surface area contributed by atoms with Gasteiger partial charge >= 0.3 is 0 Å². The van der Waals surface area contributed by atoms with E-state index in [9.17, 15) is 9.18 Å². The number of halogens is 2. The summed E-state index contributed by atoms with van der Waals surface area (Å²) < 4.78 is 14.6. The Balaban J connectivity index is 1.77. The van der Waals surface area contributed by atoms with Gasteiger partial charge in [-0.2, -0.15) is 5.10 Å². The van der Waals surface area contributed by atoms with Crippen molar-refractivity contribution in [2.45, 2.75) is 0 Å². The van der Waals surface area contributed by atoms with Crippen molar-refractivity contribution < 1.29 is 4.39 Å². The Morgan fingerprint density at radius 2 is 1.87 bits per heavy atom. The minimum atomic E-state index is -0.473. The molecule has 0 amide bonds. The number of rotatable bonds is 2. The summed E-state index contributed by atoms with van der Waals surface area (Å²) >= 11 is 6.27. The van der Waals surface area contributed by atoms with Gasteiger partial charge in [0.05, 0.1) is 32.7 Å². The van der Waals surface area contributed by atoms with Crippen molar-refractivity contribution in [1.29, 1.82) is 0 Å². The highest BCUT2D eigenvalue weighted by atomic mass is 35.5. The molecule has 6 nitrogen and oxygen atoms in total. The van der Waals surface area contributed by atoms with Crippen LogP contribution in [0.5, 0.6) is 0 Å². The number of hydrogen-bond donors (Lipinski definition) is 3. The zero-order chi connectivity index (χ0) is 21.1. The molecular formula is C23H13ClFN5O. The molecule has 0 spiro atoms. The summed E-state index contributed by atoms with van der Waals surface area (Å²) in [5, 5.41) is 10.0. The van der Waals surface area contributed by atoms with E-state index in [2.05, 4.69) is 25.1 Å². The second-order valence-electron chi connectivity index (χ2n) is 7.22. The van der Waals surface area contributed by atoms with Crippen LogP contribution < -0.4 is 5.56 Å². The van der Waals surface area contributed by atoms with Crippen LogP contribution in [0.4, 0.5) is 4.39 Å². The van der Waals surface area contributed by atoms with E-state index in [1.165, 1.54) is 6.07 Å². The van der Waals surface area contributed by atoms with E-state index in [-0.39, 0.29) is 16.1 Å². The molecule has 0 aliphatic carbocycles. The Morgan fingerprint density at radius 3 is 2.68 bits per heavy atom. The zero-order valence-corrected chi connectivity index (χ0v) is 16.6. The third-order valence-electron chi connectivity index (χ3n) is 5.47. The molecule has 3 heterocycles. The van der Waals surface area contributed by atoms with Crippen molar-refractivity contribution in [3.63, 3.8) is 0 Å². The van der Waals surface area contributed by atoms with Crippen LogP contribution in [0, 0.1) is 5.82 Å². The van der Waals surface area contributed by atoms with Crippen molar-refractivity contribution >= 4 is 44.2 Å². The van der Waals surface area contributed by atoms with Gasteiger partial charge in [0, 0.05) is 28.7 Å². The number of pyridine rings is 1. The lowest BCUT2D eigenvalue weighted by molar-refractivity contribution is 0.630. The van der Waals surface area contributed by atoms with E-state index >= 15 is 0 Å². The molecule has 0 saturated heterocycles. The predicted molar refractivity (Wildman–Crippen MR) is 120 cm³/mol. The molecule has 0 fully saturated rings. The van der Waals surface area contributed by atoms with E-state index in [0.717, 1.165) is 22.0 Å². The van der Waals surface area contributed by atoms with Crippen LogP contribution in [-0.2, 0) is 0 Å². The van der Waals surface area contributed by atoms with Crippen molar-refractivity contribution in [3.05, 3.63) is 82.1 Å². The molecule has 8 heteroatoms. The molecule has 0 aliphatic heterocycles. The van der Waals surface area contributed by atoms with Crippen LogP contribution in [0.1, 0.15) is 0 Å². The maximum atomic E-state index is 14.6. The van der Waals surface area contributed by atoms with Crippen molar-refractivity contribution in [2.24, 2.45) is 0 Å². The molecule has 0 unspecified atom stereocenters. The van der Waals surface area contributed by atoms with Crippen molar-refractivity contribution in [3.8, 4) is 22.6 Å². The van der Waals surface area contributed by atoms with Crippen molar-refractivity contribution in [1.82, 2.24) is 25.1 Å². The second kappa shape index (κ2) is 6.52. The molecule has 0 bridgehead atoms. The first kappa shape index (κ1) is 17.9. The molecule has 0 atom stereocenters. The van der Waals surface area contributed by atoms with Crippen LogP contribution in [-0.4, -0.2) is 25.1 Å². The minimum absolute atomic E-state index is 0.194. The molecule has 3 aromatic heterocycles. The number of benzene rings is 3. The summed E-state index contributed by atoms with van der Waals surface area (Å²) in [5.74, 6) is -0.164. The molecule has 6 rings (SSSR count). The number of aromatic nitrogens is 5. The largest absolute Gasteiger partial charge is 0.337 e. The van der Waals surface area contributed by atoms with Gasteiger partial charge in [-0.25, -0.2) is 9.37 Å². The van der Waals surface area contributed by atoms with Gasteiger partial charge in [-0.3, -0.25) is 9.89 Å². The van der Waals surface area contributed by atoms with Crippen LogP contribution in [0.25, 0.3) is 55.2 Å². The van der Waals surface area contributed by atoms with Gasteiger partial charge in [-0.1, -0.05) is 29.8 Å². The quantitative estimate of drug-likeness (QED) is 0.321. The summed E-state index contributed by atoms with van der Waals surface area (Å²) in [6.45, 7) is 0. The minimum Gasteiger partial charge on any atom is -0.337 e. The number of fused-ring (bicyclic) bond motifs is 6. The summed E-state index contributed by atoms with van der Waals surface area (Å²) in [6, 6.07) is 13.9. The number of aromatic amines is 3. The topological polar surface area (TPSA) is 90.2 Å². The zero-order valence-electron chi connectivity index (χ0n) is 15.8. The van der Waals surface area contributed by atoms with E-state index in [4.69, 9.17) is 11.6 Å². The van der Waals surface area contributed by atoms with Gasteiger partial charge in [-0.05, 0) is 35.7 Å². The van der Waals surface area contributed by atoms with E-state index in [1.54, 1.807) is 30.6 Å². The summed E-state index contributed by atoms with van der Waals surface area (Å²) in [7, 11) is 0. The first-order chi connectivity index (χ1) is 15.1. The van der Waals surface area contributed by atoms with E-state index in [0.29, 0.717) is 27.6 Å². The number of nitrogens with one attached hydrogen (secondary N) is 3. The highest BCUT2D eigenvalue weighted by molar-refractivity contribution is 6.33. The number of imidazole rings is 1. The molecule has 3 N–H and O–H groups in total. The standard InChI is InChI=1S/C23H13ClFN5O/c24-15-2-1-3-16(25)19(15)22-28-20-12-5-4-11(17-7-9-27-30-17)10-14(12)18-13(21(20)29-22)6-8-26-23(18)31/h1-10H,(H,26,31)(H,27,30)(H,28,29). The highest BCUT2D eigenvalue weighted by Crippen LogP contribution is 2.37. The molecule has 150 valence electrons. The molecular weight excluding hydrogens is 417 g/mol. The lowest BCUT2D eigenvalue weighted by Crippen LogP contribution is -2.05. The van der Waals surface area contributed by atoms with Crippen molar-refractivity contribution in [2.75, 3.05) is 0 Å². The van der Waals surface area contributed by atoms with Crippen LogP contribution in [0.15, 0.2) is 65.7 Å². The van der Waals surface area contributed by atoms with Gasteiger partial charge in [0.25, 0.3) is 5.56 Å². The fraction of sp³-hybridized carbons (Fsp3) is 0. The van der Waals surface area contributed by atoms with Gasteiger partial charge in [-0.15, -0.1) is 0 Å². The Hall–Kier alpha value is -3.97. The van der Waals surface area contributed by atoms with Crippen LogP contribution in [0.2, 0.25) is 5.02 Å². The Labute approximate surface area is 178 Å². The Morgan fingerprint density at radius 1 is 0.968 bits per heavy atom. The Kier molecular flexibility index (Phi) is 3.75. The molecule has 0 saturated carbocycles. The monoisotopic (exact) mass is 429 g/mol. The van der Waals surface area contributed by atoms with Crippen LogP contribution >= 0.6 is 11.6 Å². The average Bonchev–Trinajstić information content (AvgIpc) is 3.44. The summed E-state index contributed by atoms with van der Waals surface area (Å²) in [4.78, 5) is 23.4. The normalized spacial score (nSPS) is 11.7. The fourth-order valence-corrected chi connectivity index (χ4v) is 4.35. The highest BCUT2D eigenvalue weighted by Gasteiger charge is 2.19. The lowest BCUT2D eigenvalue weighted by atomic mass is 9.98. The number of H-pyrrole nitrogens is 3. The second-order valence-corrected chi connectivity index (χ2v) is 7.63. The van der Waals surface area contributed by atoms with Gasteiger partial charge in [0.2, 0.25) is 0 Å². The lowest BCUT2D eigenvalue weighted by Gasteiger charge is -2.07. The predicted octanol–water partition coefficient (Wildman–Crippen LogP) is 5.41. The number of hydrogen-bond acceptors (Lipinski definition) is 3. The van der Waals surface area contributed by atoms with Gasteiger partial charge in [0.15, 0.2) is 0 Å². The smallest absolute Gasteiger partial charge is 0.256 e. The first-order valence-electron chi connectivity index (χ1n) is 9.53. The van der Waals surface area contributed by atoms with Crippen LogP contribution in [0.3, 0.4) is 0 Å². The summed E-state index contributed by atoms with van der Waals surface area (Å²) in [6.07, 6.45) is 3.32. The average molecular weight is 430 g/mol. The third kappa shape index (κ3) is 2.60. The van der Waals surface area contributed by atoms with E-state index in [1.807, 2.05) is 24.3 Å². The third-order valence-corrected chi connectivity index (χ3v) is 5.79. The molecule has 6 aromatic rings. The van der Waals surface area contributed by atoms with Gasteiger partial charge < -0.3 is 9.97 Å². The fourth-order valence-electron chi connectivity index (χ4n) is 4.10. The Bertz CT molecular complexity index is 1660. The maximum Gasteiger partial charge on any atom is 0.256 e. The molecule has 31 heavy (non-hydrogen) atoms. The first-order valence-corrected chi connectivity index (χ1v) is 9.91. The molecule has 3 aromatic carbocycles. The SMILES string of the molecule is O=c1[nH]ccc2c3nc(-c4c(F)cccc4Cl)[nH]c3c3ccc(-c4cc[nH]n4)cc3c12. The van der Waals surface area contributed by atoms with Gasteiger partial charge in [0.1, 0.15) is 11.6 Å².